The summed E-state index contributed by atoms with van der Waals surface area (Å²) in [6.45, 7) is 3.64. The molecule has 0 saturated carbocycles. The maximum Gasteiger partial charge on any atom is 0.307 e. The second-order valence-corrected chi connectivity index (χ2v) is 6.96. The maximum absolute atomic E-state index is 11.1. The molecule has 0 radical (unpaired) electrons. The molecule has 1 aliphatic rings. The summed E-state index contributed by atoms with van der Waals surface area (Å²) >= 11 is 0. The number of halogens is 1. The van der Waals surface area contributed by atoms with E-state index in [0.717, 1.165) is 32.4 Å². The lowest BCUT2D eigenvalue weighted by Crippen LogP contribution is -2.40. The SMILES string of the molecule is Cl.O=C(O)[C@@H]1CCCN(CCOCc2ccccc2Cc2ccccc2)C1. The van der Waals surface area contributed by atoms with Crippen molar-refractivity contribution in [1.82, 2.24) is 4.90 Å². The average molecular weight is 390 g/mol. The van der Waals surface area contributed by atoms with Crippen LogP contribution in [0.1, 0.15) is 29.5 Å². The zero-order valence-corrected chi connectivity index (χ0v) is 16.4. The van der Waals surface area contributed by atoms with Gasteiger partial charge in [-0.3, -0.25) is 4.79 Å². The standard InChI is InChI=1S/C22H27NO3.ClH/c24-22(25)20-11-6-12-23(16-20)13-14-26-17-21-10-5-4-9-19(21)15-18-7-2-1-3-8-18;/h1-5,7-10,20H,6,11-17H2,(H,24,25);1H/t20-;/m1./s1. The van der Waals surface area contributed by atoms with Crippen molar-refractivity contribution in [2.75, 3.05) is 26.2 Å². The minimum atomic E-state index is -0.676. The Morgan fingerprint density at radius 3 is 2.52 bits per heavy atom. The molecule has 27 heavy (non-hydrogen) atoms. The van der Waals surface area contributed by atoms with E-state index in [1.165, 1.54) is 16.7 Å². The van der Waals surface area contributed by atoms with E-state index in [1.807, 2.05) is 6.07 Å². The summed E-state index contributed by atoms with van der Waals surface area (Å²) in [5.74, 6) is -0.902. The van der Waals surface area contributed by atoms with Crippen molar-refractivity contribution in [3.63, 3.8) is 0 Å². The van der Waals surface area contributed by atoms with Gasteiger partial charge in [0.05, 0.1) is 19.1 Å². The van der Waals surface area contributed by atoms with Crippen LogP contribution in [0, 0.1) is 5.92 Å². The molecule has 1 heterocycles. The summed E-state index contributed by atoms with van der Waals surface area (Å²) in [4.78, 5) is 13.4. The van der Waals surface area contributed by atoms with E-state index in [1.54, 1.807) is 0 Å². The molecule has 0 unspecified atom stereocenters. The third-order valence-corrected chi connectivity index (χ3v) is 5.02. The van der Waals surface area contributed by atoms with Crippen molar-refractivity contribution in [3.05, 3.63) is 71.3 Å². The Balaban J connectivity index is 0.00000261. The average Bonchev–Trinajstić information content (AvgIpc) is 2.67. The number of carboxylic acid groups (broad SMARTS) is 1. The summed E-state index contributed by atoms with van der Waals surface area (Å²) in [7, 11) is 0. The Kier molecular flexibility index (Phi) is 8.79. The van der Waals surface area contributed by atoms with Crippen LogP contribution in [-0.4, -0.2) is 42.2 Å². The van der Waals surface area contributed by atoms with Crippen molar-refractivity contribution in [1.29, 1.82) is 0 Å². The number of benzene rings is 2. The molecule has 2 aromatic rings. The highest BCUT2D eigenvalue weighted by Crippen LogP contribution is 2.17. The highest BCUT2D eigenvalue weighted by molar-refractivity contribution is 5.85. The fraction of sp³-hybridized carbons (Fsp3) is 0.409. The smallest absolute Gasteiger partial charge is 0.307 e. The number of carboxylic acids is 1. The zero-order chi connectivity index (χ0) is 18.2. The summed E-state index contributed by atoms with van der Waals surface area (Å²) in [5, 5.41) is 9.17. The zero-order valence-electron chi connectivity index (χ0n) is 15.5. The van der Waals surface area contributed by atoms with E-state index in [0.29, 0.717) is 19.8 Å². The van der Waals surface area contributed by atoms with E-state index in [-0.39, 0.29) is 18.3 Å². The number of hydrogen-bond acceptors (Lipinski definition) is 3. The first-order chi connectivity index (χ1) is 12.7. The Labute approximate surface area is 167 Å². The monoisotopic (exact) mass is 389 g/mol. The molecule has 3 rings (SSSR count). The fourth-order valence-corrected chi connectivity index (χ4v) is 3.52. The third kappa shape index (κ3) is 6.65. The van der Waals surface area contributed by atoms with Gasteiger partial charge in [0.25, 0.3) is 0 Å². The quantitative estimate of drug-likeness (QED) is 0.693. The summed E-state index contributed by atoms with van der Waals surface area (Å²) in [6.07, 6.45) is 2.66. The van der Waals surface area contributed by atoms with Crippen LogP contribution >= 0.6 is 12.4 Å². The molecule has 146 valence electrons. The van der Waals surface area contributed by atoms with Gasteiger partial charge >= 0.3 is 5.97 Å². The van der Waals surface area contributed by atoms with Crippen molar-refractivity contribution < 1.29 is 14.6 Å². The van der Waals surface area contributed by atoms with E-state index < -0.39 is 5.97 Å². The summed E-state index contributed by atoms with van der Waals surface area (Å²) < 4.78 is 5.91. The van der Waals surface area contributed by atoms with Gasteiger partial charge in [-0.2, -0.15) is 0 Å². The largest absolute Gasteiger partial charge is 0.481 e. The molecule has 0 aliphatic carbocycles. The molecule has 0 amide bonds. The van der Waals surface area contributed by atoms with Crippen molar-refractivity contribution >= 4 is 18.4 Å². The molecule has 1 saturated heterocycles. The highest BCUT2D eigenvalue weighted by atomic mass is 35.5. The number of likely N-dealkylation sites (tertiary alicyclic amines) is 1. The first-order valence-corrected chi connectivity index (χ1v) is 9.36. The predicted octanol–water partition coefficient (Wildman–Crippen LogP) is 4.01. The van der Waals surface area contributed by atoms with Crippen LogP contribution in [-0.2, 0) is 22.6 Å². The maximum atomic E-state index is 11.1. The molecular weight excluding hydrogens is 362 g/mol. The molecule has 0 aromatic heterocycles. The lowest BCUT2D eigenvalue weighted by Gasteiger charge is -2.30. The van der Waals surface area contributed by atoms with Gasteiger partial charge in [-0.25, -0.2) is 0 Å². The number of hydrogen-bond donors (Lipinski definition) is 1. The van der Waals surface area contributed by atoms with E-state index in [4.69, 9.17) is 4.74 Å². The summed E-state index contributed by atoms with van der Waals surface area (Å²) in [6, 6.07) is 18.9. The normalized spacial score (nSPS) is 17.3. The molecule has 5 heteroatoms. The van der Waals surface area contributed by atoms with Crippen LogP contribution in [0.5, 0.6) is 0 Å². The molecule has 0 bridgehead atoms. The van der Waals surface area contributed by atoms with Gasteiger partial charge in [0, 0.05) is 13.1 Å². The first-order valence-electron chi connectivity index (χ1n) is 9.36. The summed E-state index contributed by atoms with van der Waals surface area (Å²) in [5.41, 5.74) is 3.81. The number of aliphatic carboxylic acids is 1. The van der Waals surface area contributed by atoms with E-state index >= 15 is 0 Å². The lowest BCUT2D eigenvalue weighted by molar-refractivity contribution is -0.143. The second kappa shape index (κ2) is 11.1. The molecule has 2 aromatic carbocycles. The van der Waals surface area contributed by atoms with Crippen LogP contribution in [0.15, 0.2) is 54.6 Å². The molecule has 4 nitrogen and oxygen atoms in total. The van der Waals surface area contributed by atoms with Crippen LogP contribution in [0.3, 0.4) is 0 Å². The number of ether oxygens (including phenoxy) is 1. The van der Waals surface area contributed by atoms with Crippen molar-refractivity contribution in [2.45, 2.75) is 25.9 Å². The Hall–Kier alpha value is -1.88. The minimum absolute atomic E-state index is 0. The van der Waals surface area contributed by atoms with Crippen molar-refractivity contribution in [2.24, 2.45) is 5.92 Å². The number of nitrogens with zero attached hydrogens (tertiary/aromatic N) is 1. The van der Waals surface area contributed by atoms with Gasteiger partial charge in [-0.1, -0.05) is 54.6 Å². The lowest BCUT2D eigenvalue weighted by atomic mass is 9.98. The van der Waals surface area contributed by atoms with Crippen LogP contribution in [0.25, 0.3) is 0 Å². The van der Waals surface area contributed by atoms with Gasteiger partial charge in [0.2, 0.25) is 0 Å². The van der Waals surface area contributed by atoms with Crippen LogP contribution < -0.4 is 0 Å². The minimum Gasteiger partial charge on any atom is -0.481 e. The first kappa shape index (κ1) is 21.4. The van der Waals surface area contributed by atoms with E-state index in [9.17, 15) is 9.90 Å². The molecular formula is C22H28ClNO3. The molecule has 1 N–H and O–H groups in total. The molecule has 1 atom stereocenters. The van der Waals surface area contributed by atoms with Crippen LogP contribution in [0.4, 0.5) is 0 Å². The van der Waals surface area contributed by atoms with Gasteiger partial charge in [-0.15, -0.1) is 12.4 Å². The van der Waals surface area contributed by atoms with Crippen molar-refractivity contribution in [3.8, 4) is 0 Å². The number of rotatable bonds is 8. The fourth-order valence-electron chi connectivity index (χ4n) is 3.52. The van der Waals surface area contributed by atoms with Gasteiger partial charge in [0.1, 0.15) is 0 Å². The predicted molar refractivity (Wildman–Crippen MR) is 109 cm³/mol. The number of carbonyl (C=O) groups is 1. The Morgan fingerprint density at radius 1 is 1.07 bits per heavy atom. The third-order valence-electron chi connectivity index (χ3n) is 5.02. The van der Waals surface area contributed by atoms with Crippen LogP contribution in [0.2, 0.25) is 0 Å². The molecule has 0 spiro atoms. The second-order valence-electron chi connectivity index (χ2n) is 6.96. The van der Waals surface area contributed by atoms with Gasteiger partial charge < -0.3 is 14.7 Å². The molecule has 1 aliphatic heterocycles. The topological polar surface area (TPSA) is 49.8 Å². The Morgan fingerprint density at radius 2 is 1.78 bits per heavy atom. The highest BCUT2D eigenvalue weighted by Gasteiger charge is 2.24. The van der Waals surface area contributed by atoms with E-state index in [2.05, 4.69) is 53.4 Å². The number of piperidine rings is 1. The van der Waals surface area contributed by atoms with Gasteiger partial charge in [-0.05, 0) is 42.5 Å². The molecule has 1 fully saturated rings. The Bertz CT molecular complexity index is 708. The van der Waals surface area contributed by atoms with Gasteiger partial charge in [0.15, 0.2) is 0 Å².